The standard InChI is InChI=1S/C38H53N5O6S/c1-7-50(27-15-16-27)42-36(44)29-19-25(29)13-11-9-8-10-12-14-30(39)38(46)43-22-26(20-31(43)37(45)40-5)49-33-21-34(48-23(2)3)41-35-24(4)32(47-6)18-17-28(33)35/h7,11,13,17-18,21,23,25-27,29-31H,5,8-10,12,14-16,19-20,22,39H2,1-4,6H3,(H,42,44)/p+1/b13-11-/t25?,26-,29?,30+,31+,50?/m1/s1. The van der Waals surface area contributed by atoms with Gasteiger partial charge in [0.15, 0.2) is 6.04 Å². The van der Waals surface area contributed by atoms with Gasteiger partial charge in [-0.1, -0.05) is 29.2 Å². The van der Waals surface area contributed by atoms with E-state index in [0.717, 1.165) is 43.1 Å². The van der Waals surface area contributed by atoms with Crippen molar-refractivity contribution >= 4 is 51.4 Å². The van der Waals surface area contributed by atoms with E-state index in [1.807, 2.05) is 39.8 Å². The Morgan fingerprint density at radius 3 is 2.64 bits per heavy atom. The maximum Gasteiger partial charge on any atom is 0.281 e. The lowest BCUT2D eigenvalue weighted by atomic mass is 10.1. The van der Waals surface area contributed by atoms with Gasteiger partial charge >= 0.3 is 0 Å². The molecule has 50 heavy (non-hydrogen) atoms. The lowest BCUT2D eigenvalue weighted by Gasteiger charge is -2.23. The molecule has 1 aliphatic heterocycles. The highest BCUT2D eigenvalue weighted by Crippen LogP contribution is 2.43. The summed E-state index contributed by atoms with van der Waals surface area (Å²) in [5, 5.41) is 3.59. The van der Waals surface area contributed by atoms with Crippen molar-refractivity contribution < 1.29 is 34.3 Å². The van der Waals surface area contributed by atoms with Crippen LogP contribution in [0, 0.1) is 18.8 Å². The fourth-order valence-corrected chi connectivity index (χ4v) is 8.36. The molecular weight excluding hydrogens is 655 g/mol. The number of aromatic nitrogens is 1. The number of methoxy groups -OCH3 is 1. The van der Waals surface area contributed by atoms with Crippen LogP contribution >= 0.6 is 10.7 Å². The third kappa shape index (κ3) is 9.31. The van der Waals surface area contributed by atoms with Crippen molar-refractivity contribution in [3.63, 3.8) is 0 Å². The van der Waals surface area contributed by atoms with Crippen molar-refractivity contribution in [3.05, 3.63) is 35.9 Å². The number of carbonyl (C=O) groups excluding carboxylic acids is 3. The minimum atomic E-state index is -0.755. The Bertz CT molecular complexity index is 1640. The van der Waals surface area contributed by atoms with Gasteiger partial charge in [0.1, 0.15) is 23.6 Å². The third-order valence-electron chi connectivity index (χ3n) is 9.67. The summed E-state index contributed by atoms with van der Waals surface area (Å²) >= 11 is 0. The van der Waals surface area contributed by atoms with Gasteiger partial charge in [-0.25, -0.2) is 9.98 Å². The van der Waals surface area contributed by atoms with Gasteiger partial charge in [0.25, 0.3) is 11.8 Å². The lowest BCUT2D eigenvalue weighted by molar-refractivity contribution is -0.407. The van der Waals surface area contributed by atoms with Crippen LogP contribution in [0.3, 0.4) is 0 Å². The average Bonchev–Trinajstić information content (AvgIpc) is 4.03. The zero-order chi connectivity index (χ0) is 35.9. The molecule has 3 fully saturated rings. The molecule has 0 radical (unpaired) electrons. The van der Waals surface area contributed by atoms with Crippen LogP contribution in [0.15, 0.2) is 35.3 Å². The molecule has 0 bridgehead atoms. The number of carbonyl (C=O) groups is 3. The Balaban J connectivity index is 1.12. The van der Waals surface area contributed by atoms with E-state index in [4.69, 9.17) is 19.2 Å². The summed E-state index contributed by atoms with van der Waals surface area (Å²) < 4.78 is 21.2. The van der Waals surface area contributed by atoms with E-state index in [-0.39, 0.29) is 41.1 Å². The van der Waals surface area contributed by atoms with Crippen LogP contribution in [0.4, 0.5) is 0 Å². The number of aryl methyl sites for hydroxylation is 1. The molecule has 3 aliphatic rings. The largest absolute Gasteiger partial charge is 0.496 e. The number of amides is 3. The topological polar surface area (TPSA) is 147 Å². The molecule has 6 atom stereocenters. The predicted molar refractivity (Wildman–Crippen MR) is 199 cm³/mol. The molecule has 5 rings (SSSR count). The number of benzene rings is 1. The molecule has 3 unspecified atom stereocenters. The number of pyridine rings is 1. The third-order valence-corrected chi connectivity index (χ3v) is 11.8. The number of rotatable bonds is 17. The minimum Gasteiger partial charge on any atom is -0.496 e. The Morgan fingerprint density at radius 2 is 1.96 bits per heavy atom. The van der Waals surface area contributed by atoms with E-state index >= 15 is 0 Å². The molecule has 1 aromatic carbocycles. The monoisotopic (exact) mass is 708 g/mol. The number of nitrogens with one attached hydrogen (secondary N) is 1. The van der Waals surface area contributed by atoms with E-state index in [0.29, 0.717) is 46.9 Å². The summed E-state index contributed by atoms with van der Waals surface area (Å²) in [6.45, 7) is 11.5. The van der Waals surface area contributed by atoms with Gasteiger partial charge in [-0.2, -0.15) is 0 Å². The van der Waals surface area contributed by atoms with Gasteiger partial charge in [0, 0.05) is 41.0 Å². The van der Waals surface area contributed by atoms with Gasteiger partial charge < -0.3 is 29.6 Å². The summed E-state index contributed by atoms with van der Waals surface area (Å²) in [6, 6.07) is 4.29. The van der Waals surface area contributed by atoms with Crippen molar-refractivity contribution in [1.82, 2.24) is 14.6 Å². The number of allylic oxidation sites excluding steroid dienone is 2. The minimum absolute atomic E-state index is 0.0630. The van der Waals surface area contributed by atoms with Gasteiger partial charge in [-0.05, 0) is 96.4 Å². The van der Waals surface area contributed by atoms with Crippen LogP contribution in [-0.4, -0.2) is 82.9 Å². The molecule has 2 aliphatic carbocycles. The van der Waals surface area contributed by atoms with Crippen LogP contribution in [0.2, 0.25) is 0 Å². The molecule has 1 saturated heterocycles. The quantitative estimate of drug-likeness (QED) is 0.102. The van der Waals surface area contributed by atoms with E-state index in [1.165, 1.54) is 12.8 Å². The molecular formula is C38H54N5O6S+. The van der Waals surface area contributed by atoms with Crippen molar-refractivity contribution in [1.29, 1.82) is 0 Å². The fraction of sp³-hybridized carbons (Fsp3) is 0.579. The molecule has 2 saturated carbocycles. The Morgan fingerprint density at radius 1 is 1.18 bits per heavy atom. The molecule has 4 N–H and O–H groups in total. The number of nitrogens with zero attached hydrogens (tertiary/aromatic N) is 3. The van der Waals surface area contributed by atoms with E-state index < -0.39 is 24.1 Å². The summed E-state index contributed by atoms with van der Waals surface area (Å²) in [5.74, 6) is 1.74. The number of unbranched alkanes of at least 4 members (excludes halogenated alkanes) is 3. The number of hydrogen-bond donors (Lipinski definition) is 2. The van der Waals surface area contributed by atoms with Crippen molar-refractivity contribution in [2.45, 2.75) is 115 Å². The molecule has 3 amide bonds. The molecule has 0 spiro atoms. The van der Waals surface area contributed by atoms with E-state index in [9.17, 15) is 14.4 Å². The Kier molecular flexibility index (Phi) is 12.7. The number of likely N-dealkylation sites (tertiary alicyclic amines) is 1. The summed E-state index contributed by atoms with van der Waals surface area (Å²) in [6.07, 6.45) is 11.9. The zero-order valence-corrected chi connectivity index (χ0v) is 31.0. The predicted octanol–water partition coefficient (Wildman–Crippen LogP) is 4.95. The highest BCUT2D eigenvalue weighted by Gasteiger charge is 2.43. The van der Waals surface area contributed by atoms with Crippen molar-refractivity contribution in [3.8, 4) is 17.4 Å². The first kappa shape index (κ1) is 37.5. The molecule has 11 nitrogen and oxygen atoms in total. The smallest absolute Gasteiger partial charge is 0.281 e. The molecule has 2 aromatic rings. The summed E-state index contributed by atoms with van der Waals surface area (Å²) in [5.41, 5.74) is 5.73. The first-order valence-electron chi connectivity index (χ1n) is 18.0. The first-order chi connectivity index (χ1) is 24.0. The van der Waals surface area contributed by atoms with Gasteiger partial charge in [0.05, 0.1) is 25.3 Å². The highest BCUT2D eigenvalue weighted by atomic mass is 32.2. The van der Waals surface area contributed by atoms with E-state index in [1.54, 1.807) is 18.1 Å². The second kappa shape index (κ2) is 17.0. The maximum absolute atomic E-state index is 13.6. The van der Waals surface area contributed by atoms with Crippen LogP contribution in [-0.2, 0) is 14.4 Å². The van der Waals surface area contributed by atoms with E-state index in [2.05, 4.69) is 39.7 Å². The molecule has 272 valence electrons. The normalized spacial score (nSPS) is 22.9. The van der Waals surface area contributed by atoms with Gasteiger partial charge in [0.2, 0.25) is 11.8 Å². The Labute approximate surface area is 298 Å². The van der Waals surface area contributed by atoms with Crippen molar-refractivity contribution in [2.24, 2.45) is 16.8 Å². The highest BCUT2D eigenvalue weighted by molar-refractivity contribution is 8.14. The number of hydrogen-bond acceptors (Lipinski definition) is 7. The number of ether oxygens (including phenoxy) is 3. The number of aliphatic imine (C=N–C) groups is 1. The zero-order valence-electron chi connectivity index (χ0n) is 30.2. The maximum atomic E-state index is 13.6. The summed E-state index contributed by atoms with van der Waals surface area (Å²) in [7, 11) is 1.56. The number of fused-ring (bicyclic) bond motifs is 1. The fourth-order valence-electron chi connectivity index (χ4n) is 6.66. The summed E-state index contributed by atoms with van der Waals surface area (Å²) in [4.78, 5) is 49.0. The van der Waals surface area contributed by atoms with Crippen LogP contribution in [0.1, 0.15) is 84.1 Å². The first-order valence-corrected chi connectivity index (χ1v) is 19.3. The second-order valence-electron chi connectivity index (χ2n) is 13.9. The Hall–Kier alpha value is -3.77. The second-order valence-corrected chi connectivity index (χ2v) is 16.0. The number of quaternary nitrogens is 1. The van der Waals surface area contributed by atoms with Gasteiger partial charge in [-0.3, -0.25) is 14.4 Å². The van der Waals surface area contributed by atoms with Gasteiger partial charge in [-0.15, -0.1) is 0 Å². The SMILES string of the molecule is C=NC(=O)[C@@H]1C[C@@H](Oc2cc(OC(C)C)nc3c(C)c(OC)ccc23)CN1C(=O)[C@@H]([NH3+])CCCCC/C=C\C1CC1C(=O)N/S(=C/C)C1CC1. The average molecular weight is 709 g/mol. The van der Waals surface area contributed by atoms with Crippen LogP contribution < -0.4 is 24.7 Å². The molecule has 1 aromatic heterocycles. The van der Waals surface area contributed by atoms with Crippen molar-refractivity contribution in [2.75, 3.05) is 13.7 Å². The molecule has 2 heterocycles. The van der Waals surface area contributed by atoms with Crippen LogP contribution in [0.25, 0.3) is 10.9 Å². The molecule has 12 heteroatoms. The van der Waals surface area contributed by atoms with Crippen LogP contribution in [0.5, 0.6) is 17.4 Å². The lowest BCUT2D eigenvalue weighted by Crippen LogP contribution is -2.68.